The Kier molecular flexibility index (Phi) is 6.58. The van der Waals surface area contributed by atoms with Crippen molar-refractivity contribution in [2.45, 2.75) is 18.6 Å². The fourth-order valence-corrected chi connectivity index (χ4v) is 4.87. The summed E-state index contributed by atoms with van der Waals surface area (Å²) in [5.74, 6) is -1.33. The Morgan fingerprint density at radius 1 is 0.778 bits per heavy atom. The van der Waals surface area contributed by atoms with E-state index in [0.29, 0.717) is 0 Å². The molecule has 0 bridgehead atoms. The standard InChI is InChI=1S/C28H26N2O6/c31-26(32)25-16-29(27(33)35-17-19-8-2-1-3-9-19)14-15-30(25)28(34)36-18-24-22-12-6-4-10-20(22)21-11-5-7-13-23(21)24/h1-13,24-25H,14-18H2,(H,31,32). The summed E-state index contributed by atoms with van der Waals surface area (Å²) in [6.07, 6.45) is -1.32. The summed E-state index contributed by atoms with van der Waals surface area (Å²) < 4.78 is 11.0. The van der Waals surface area contributed by atoms with Crippen LogP contribution in [-0.4, -0.2) is 65.3 Å². The van der Waals surface area contributed by atoms with Crippen LogP contribution in [0, 0.1) is 0 Å². The first kappa shape index (κ1) is 23.4. The number of nitrogens with zero attached hydrogens (tertiary/aromatic N) is 2. The minimum absolute atomic E-state index is 0.0358. The van der Waals surface area contributed by atoms with E-state index in [0.717, 1.165) is 27.8 Å². The van der Waals surface area contributed by atoms with Gasteiger partial charge in [-0.25, -0.2) is 14.4 Å². The number of hydrogen-bond donors (Lipinski definition) is 1. The van der Waals surface area contributed by atoms with Crippen molar-refractivity contribution in [1.82, 2.24) is 9.80 Å². The number of carbonyl (C=O) groups excluding carboxylic acids is 2. The van der Waals surface area contributed by atoms with Crippen LogP contribution in [0.3, 0.4) is 0 Å². The third-order valence-electron chi connectivity index (χ3n) is 6.70. The van der Waals surface area contributed by atoms with Gasteiger partial charge in [0.1, 0.15) is 13.2 Å². The summed E-state index contributed by atoms with van der Waals surface area (Å²) in [6.45, 7) is 0.200. The molecule has 0 saturated carbocycles. The van der Waals surface area contributed by atoms with Crippen LogP contribution in [0.4, 0.5) is 9.59 Å². The molecule has 1 N–H and O–H groups in total. The van der Waals surface area contributed by atoms with Gasteiger partial charge in [-0.05, 0) is 27.8 Å². The van der Waals surface area contributed by atoms with E-state index < -0.39 is 24.2 Å². The Morgan fingerprint density at radius 2 is 1.39 bits per heavy atom. The van der Waals surface area contributed by atoms with Gasteiger partial charge in [-0.1, -0.05) is 78.9 Å². The Labute approximate surface area is 208 Å². The molecular weight excluding hydrogens is 460 g/mol. The molecule has 184 valence electrons. The van der Waals surface area contributed by atoms with Gasteiger partial charge in [0.15, 0.2) is 6.04 Å². The van der Waals surface area contributed by atoms with E-state index in [1.165, 1.54) is 9.80 Å². The zero-order valence-corrected chi connectivity index (χ0v) is 19.6. The summed E-state index contributed by atoms with van der Waals surface area (Å²) in [7, 11) is 0. The maximum atomic E-state index is 13.0. The number of aliphatic carboxylic acids is 1. The van der Waals surface area contributed by atoms with E-state index in [4.69, 9.17) is 9.47 Å². The van der Waals surface area contributed by atoms with Crippen molar-refractivity contribution in [2.75, 3.05) is 26.2 Å². The molecule has 36 heavy (non-hydrogen) atoms. The molecule has 1 aliphatic heterocycles. The Bertz CT molecular complexity index is 1230. The van der Waals surface area contributed by atoms with Crippen LogP contribution in [0.15, 0.2) is 78.9 Å². The number of carbonyl (C=O) groups is 3. The van der Waals surface area contributed by atoms with Crippen molar-refractivity contribution in [3.8, 4) is 11.1 Å². The Hall–Kier alpha value is -4.33. The van der Waals surface area contributed by atoms with Crippen molar-refractivity contribution in [2.24, 2.45) is 0 Å². The van der Waals surface area contributed by atoms with Gasteiger partial charge >= 0.3 is 18.2 Å². The van der Waals surface area contributed by atoms with Gasteiger partial charge in [0.25, 0.3) is 0 Å². The normalized spacial score (nSPS) is 16.7. The second-order valence-corrected chi connectivity index (χ2v) is 8.84. The van der Waals surface area contributed by atoms with Crippen LogP contribution < -0.4 is 0 Å². The van der Waals surface area contributed by atoms with Gasteiger partial charge in [0, 0.05) is 19.0 Å². The molecule has 5 rings (SSSR count). The first-order chi connectivity index (χ1) is 17.5. The van der Waals surface area contributed by atoms with Crippen molar-refractivity contribution >= 4 is 18.2 Å². The summed E-state index contributed by atoms with van der Waals surface area (Å²) in [5, 5.41) is 9.78. The predicted molar refractivity (Wildman–Crippen MR) is 131 cm³/mol. The molecule has 2 amide bonds. The van der Waals surface area contributed by atoms with Gasteiger partial charge in [-0.15, -0.1) is 0 Å². The molecule has 1 atom stereocenters. The average molecular weight is 487 g/mol. The van der Waals surface area contributed by atoms with Crippen molar-refractivity contribution in [3.63, 3.8) is 0 Å². The summed E-state index contributed by atoms with van der Waals surface area (Å²) in [5.41, 5.74) is 5.21. The molecule has 3 aromatic rings. The molecule has 0 spiro atoms. The molecular formula is C28H26N2O6. The van der Waals surface area contributed by atoms with E-state index in [-0.39, 0.29) is 38.8 Å². The van der Waals surface area contributed by atoms with Crippen LogP contribution in [0.25, 0.3) is 11.1 Å². The van der Waals surface area contributed by atoms with Crippen molar-refractivity contribution in [1.29, 1.82) is 0 Å². The largest absolute Gasteiger partial charge is 0.480 e. The molecule has 2 aliphatic rings. The molecule has 8 heteroatoms. The number of carboxylic acid groups (broad SMARTS) is 1. The number of rotatable bonds is 5. The van der Waals surface area contributed by atoms with Gasteiger partial charge in [-0.3, -0.25) is 4.90 Å². The molecule has 0 aromatic heterocycles. The van der Waals surface area contributed by atoms with E-state index in [2.05, 4.69) is 0 Å². The lowest BCUT2D eigenvalue weighted by Gasteiger charge is -2.38. The highest BCUT2D eigenvalue weighted by atomic mass is 16.6. The van der Waals surface area contributed by atoms with E-state index in [1.54, 1.807) is 0 Å². The average Bonchev–Trinajstić information content (AvgIpc) is 3.24. The first-order valence-corrected chi connectivity index (χ1v) is 11.8. The monoisotopic (exact) mass is 486 g/mol. The quantitative estimate of drug-likeness (QED) is 0.576. The SMILES string of the molecule is O=C(O)C1CN(C(=O)OCc2ccccc2)CCN1C(=O)OCC1c2ccccc2-c2ccccc21. The zero-order chi connectivity index (χ0) is 25.1. The fourth-order valence-electron chi connectivity index (χ4n) is 4.87. The smallest absolute Gasteiger partial charge is 0.410 e. The second-order valence-electron chi connectivity index (χ2n) is 8.84. The third kappa shape index (κ3) is 4.62. The number of benzene rings is 3. The minimum Gasteiger partial charge on any atom is -0.480 e. The lowest BCUT2D eigenvalue weighted by molar-refractivity contribution is -0.144. The highest BCUT2D eigenvalue weighted by Crippen LogP contribution is 2.44. The lowest BCUT2D eigenvalue weighted by atomic mass is 9.98. The van der Waals surface area contributed by atoms with Crippen LogP contribution in [0.1, 0.15) is 22.6 Å². The van der Waals surface area contributed by atoms with Crippen LogP contribution in [-0.2, 0) is 20.9 Å². The molecule has 1 aliphatic carbocycles. The summed E-state index contributed by atoms with van der Waals surface area (Å²) in [6, 6.07) is 24.0. The maximum Gasteiger partial charge on any atom is 0.410 e. The van der Waals surface area contributed by atoms with Crippen molar-refractivity contribution in [3.05, 3.63) is 95.6 Å². The van der Waals surface area contributed by atoms with Gasteiger partial charge < -0.3 is 19.5 Å². The number of fused-ring (bicyclic) bond motifs is 3. The van der Waals surface area contributed by atoms with Crippen molar-refractivity contribution < 1.29 is 29.0 Å². The lowest BCUT2D eigenvalue weighted by Crippen LogP contribution is -2.59. The van der Waals surface area contributed by atoms with Gasteiger partial charge in [0.2, 0.25) is 0 Å². The molecule has 1 unspecified atom stereocenters. The van der Waals surface area contributed by atoms with Crippen LogP contribution in [0.2, 0.25) is 0 Å². The van der Waals surface area contributed by atoms with E-state index in [9.17, 15) is 19.5 Å². The van der Waals surface area contributed by atoms with Gasteiger partial charge in [0.05, 0.1) is 6.54 Å². The minimum atomic E-state index is -1.22. The molecule has 1 heterocycles. The van der Waals surface area contributed by atoms with Crippen LogP contribution >= 0.6 is 0 Å². The fraction of sp³-hybridized carbons (Fsp3) is 0.250. The highest BCUT2D eigenvalue weighted by Gasteiger charge is 2.39. The van der Waals surface area contributed by atoms with E-state index >= 15 is 0 Å². The maximum absolute atomic E-state index is 13.0. The zero-order valence-electron chi connectivity index (χ0n) is 19.6. The topological polar surface area (TPSA) is 96.4 Å². The summed E-state index contributed by atoms with van der Waals surface area (Å²) >= 11 is 0. The molecule has 1 fully saturated rings. The van der Waals surface area contributed by atoms with E-state index in [1.807, 2.05) is 78.9 Å². The van der Waals surface area contributed by atoms with Gasteiger partial charge in [-0.2, -0.15) is 0 Å². The Morgan fingerprint density at radius 3 is 2.03 bits per heavy atom. The molecule has 1 saturated heterocycles. The molecule has 8 nitrogen and oxygen atoms in total. The third-order valence-corrected chi connectivity index (χ3v) is 6.70. The Balaban J connectivity index is 1.22. The number of hydrogen-bond acceptors (Lipinski definition) is 5. The molecule has 3 aromatic carbocycles. The number of ether oxygens (including phenoxy) is 2. The highest BCUT2D eigenvalue weighted by molar-refractivity contribution is 5.82. The predicted octanol–water partition coefficient (Wildman–Crippen LogP) is 4.34. The van der Waals surface area contributed by atoms with Crippen LogP contribution in [0.5, 0.6) is 0 Å². The number of carboxylic acids is 1. The number of piperazine rings is 1. The second kappa shape index (κ2) is 10.1. The first-order valence-electron chi connectivity index (χ1n) is 11.8. The molecule has 0 radical (unpaired) electrons. The number of amides is 2. The summed E-state index contributed by atoms with van der Waals surface area (Å²) in [4.78, 5) is 40.0.